The van der Waals surface area contributed by atoms with Crippen LogP contribution in [0.5, 0.6) is 11.5 Å². The summed E-state index contributed by atoms with van der Waals surface area (Å²) < 4.78 is 11.4. The summed E-state index contributed by atoms with van der Waals surface area (Å²) in [6.07, 6.45) is 0. The van der Waals surface area contributed by atoms with Crippen molar-refractivity contribution in [1.82, 2.24) is 0 Å². The van der Waals surface area contributed by atoms with E-state index in [0.29, 0.717) is 6.61 Å². The Balaban J connectivity index is 1.97. The molecule has 1 aliphatic heterocycles. The Morgan fingerprint density at radius 1 is 1.15 bits per heavy atom. The summed E-state index contributed by atoms with van der Waals surface area (Å²) in [6.45, 7) is 4.83. The zero-order chi connectivity index (χ0) is 14.1. The first kappa shape index (κ1) is 12.9. The highest BCUT2D eigenvalue weighted by Crippen LogP contribution is 2.37. The second-order valence-corrected chi connectivity index (χ2v) is 5.18. The zero-order valence-electron chi connectivity index (χ0n) is 12.1. The molecule has 0 saturated carbocycles. The highest BCUT2D eigenvalue weighted by Gasteiger charge is 2.23. The van der Waals surface area contributed by atoms with Crippen molar-refractivity contribution < 1.29 is 9.47 Å². The fourth-order valence-corrected chi connectivity index (χ4v) is 2.54. The van der Waals surface area contributed by atoms with Crippen LogP contribution in [0.2, 0.25) is 0 Å². The summed E-state index contributed by atoms with van der Waals surface area (Å²) in [5.41, 5.74) is 4.68. The average molecular weight is 269 g/mol. The molecule has 0 aliphatic carbocycles. The highest BCUT2D eigenvalue weighted by molar-refractivity contribution is 5.60. The second kappa shape index (κ2) is 5.08. The summed E-state index contributed by atoms with van der Waals surface area (Å²) in [5, 5.41) is 3.53. The van der Waals surface area contributed by atoms with E-state index in [1.165, 1.54) is 11.1 Å². The molecule has 0 aromatic heterocycles. The first-order valence-corrected chi connectivity index (χ1v) is 6.82. The zero-order valence-corrected chi connectivity index (χ0v) is 12.1. The monoisotopic (exact) mass is 269 g/mol. The fourth-order valence-electron chi connectivity index (χ4n) is 2.54. The standard InChI is InChI=1S/C17H19NO2/c1-11-8-13(17(19-3)9-12(11)2)15-10-20-16-7-5-4-6-14(16)18-15/h4-9,15,18H,10H2,1-3H3. The maximum Gasteiger partial charge on any atom is 0.142 e. The lowest BCUT2D eigenvalue weighted by molar-refractivity contribution is 0.282. The summed E-state index contributed by atoms with van der Waals surface area (Å²) in [7, 11) is 1.71. The fraction of sp³-hybridized carbons (Fsp3) is 0.294. The van der Waals surface area contributed by atoms with Gasteiger partial charge in [0.2, 0.25) is 0 Å². The molecule has 1 aliphatic rings. The van der Waals surface area contributed by atoms with Crippen LogP contribution in [0.25, 0.3) is 0 Å². The van der Waals surface area contributed by atoms with Gasteiger partial charge in [-0.3, -0.25) is 0 Å². The Labute approximate surface area is 119 Å². The van der Waals surface area contributed by atoms with E-state index >= 15 is 0 Å². The summed E-state index contributed by atoms with van der Waals surface area (Å²) >= 11 is 0. The number of benzene rings is 2. The largest absolute Gasteiger partial charge is 0.496 e. The van der Waals surface area contributed by atoms with Crippen molar-refractivity contribution in [3.8, 4) is 11.5 Å². The smallest absolute Gasteiger partial charge is 0.142 e. The third-order valence-electron chi connectivity index (χ3n) is 3.84. The van der Waals surface area contributed by atoms with E-state index in [0.717, 1.165) is 22.7 Å². The Hall–Kier alpha value is -2.16. The molecule has 1 atom stereocenters. The van der Waals surface area contributed by atoms with Gasteiger partial charge >= 0.3 is 0 Å². The lowest BCUT2D eigenvalue weighted by atomic mass is 9.99. The van der Waals surface area contributed by atoms with Gasteiger partial charge in [-0.05, 0) is 49.2 Å². The van der Waals surface area contributed by atoms with Gasteiger partial charge in [0.05, 0.1) is 18.8 Å². The minimum atomic E-state index is 0.110. The van der Waals surface area contributed by atoms with Crippen LogP contribution in [0.15, 0.2) is 36.4 Å². The lowest BCUT2D eigenvalue weighted by Gasteiger charge is -2.29. The van der Waals surface area contributed by atoms with E-state index in [9.17, 15) is 0 Å². The molecule has 0 saturated heterocycles. The quantitative estimate of drug-likeness (QED) is 0.898. The molecule has 0 bridgehead atoms. The van der Waals surface area contributed by atoms with Gasteiger partial charge in [-0.2, -0.15) is 0 Å². The molecule has 3 rings (SSSR count). The van der Waals surface area contributed by atoms with Crippen LogP contribution < -0.4 is 14.8 Å². The van der Waals surface area contributed by atoms with Crippen molar-refractivity contribution in [3.63, 3.8) is 0 Å². The summed E-state index contributed by atoms with van der Waals surface area (Å²) in [6, 6.07) is 12.4. The Morgan fingerprint density at radius 2 is 1.90 bits per heavy atom. The molecule has 3 heteroatoms. The van der Waals surface area contributed by atoms with Crippen LogP contribution in [-0.2, 0) is 0 Å². The average Bonchev–Trinajstić information content (AvgIpc) is 2.49. The number of anilines is 1. The highest BCUT2D eigenvalue weighted by atomic mass is 16.5. The van der Waals surface area contributed by atoms with E-state index in [1.54, 1.807) is 7.11 Å². The SMILES string of the molecule is COc1cc(C)c(C)cc1C1COc2ccccc2N1. The molecule has 2 aromatic carbocycles. The van der Waals surface area contributed by atoms with E-state index in [1.807, 2.05) is 24.3 Å². The van der Waals surface area contributed by atoms with Crippen molar-refractivity contribution in [2.75, 3.05) is 19.0 Å². The number of hydrogen-bond donors (Lipinski definition) is 1. The third kappa shape index (κ3) is 2.20. The molecular weight excluding hydrogens is 250 g/mol. The molecule has 1 unspecified atom stereocenters. The normalized spacial score (nSPS) is 16.9. The van der Waals surface area contributed by atoms with Gasteiger partial charge in [0, 0.05) is 5.56 Å². The number of para-hydroxylation sites is 2. The van der Waals surface area contributed by atoms with Crippen LogP contribution in [0.1, 0.15) is 22.7 Å². The molecule has 1 heterocycles. The predicted molar refractivity (Wildman–Crippen MR) is 80.8 cm³/mol. The molecule has 3 nitrogen and oxygen atoms in total. The number of nitrogens with one attached hydrogen (secondary N) is 1. The molecule has 0 spiro atoms. The van der Waals surface area contributed by atoms with Crippen molar-refractivity contribution in [2.45, 2.75) is 19.9 Å². The second-order valence-electron chi connectivity index (χ2n) is 5.18. The molecule has 2 aromatic rings. The molecule has 104 valence electrons. The summed E-state index contributed by atoms with van der Waals surface area (Å²) in [5.74, 6) is 1.82. The molecule has 0 radical (unpaired) electrons. The van der Waals surface area contributed by atoms with Gasteiger partial charge in [-0.15, -0.1) is 0 Å². The van der Waals surface area contributed by atoms with E-state index in [-0.39, 0.29) is 6.04 Å². The van der Waals surface area contributed by atoms with Crippen LogP contribution >= 0.6 is 0 Å². The Morgan fingerprint density at radius 3 is 2.70 bits per heavy atom. The van der Waals surface area contributed by atoms with E-state index < -0.39 is 0 Å². The van der Waals surface area contributed by atoms with Crippen molar-refractivity contribution in [1.29, 1.82) is 0 Å². The molecule has 20 heavy (non-hydrogen) atoms. The van der Waals surface area contributed by atoms with Gasteiger partial charge in [-0.1, -0.05) is 12.1 Å². The van der Waals surface area contributed by atoms with Crippen molar-refractivity contribution in [2.24, 2.45) is 0 Å². The summed E-state index contributed by atoms with van der Waals surface area (Å²) in [4.78, 5) is 0. The number of rotatable bonds is 2. The van der Waals surface area contributed by atoms with Crippen LogP contribution in [0.4, 0.5) is 5.69 Å². The minimum absolute atomic E-state index is 0.110. The third-order valence-corrected chi connectivity index (χ3v) is 3.84. The molecule has 0 amide bonds. The van der Waals surface area contributed by atoms with Gasteiger partial charge in [0.25, 0.3) is 0 Å². The number of methoxy groups -OCH3 is 1. The van der Waals surface area contributed by atoms with E-state index in [2.05, 4.69) is 31.3 Å². The van der Waals surface area contributed by atoms with Crippen LogP contribution in [0, 0.1) is 13.8 Å². The first-order valence-electron chi connectivity index (χ1n) is 6.82. The van der Waals surface area contributed by atoms with Crippen LogP contribution in [-0.4, -0.2) is 13.7 Å². The van der Waals surface area contributed by atoms with Gasteiger partial charge in [0.15, 0.2) is 0 Å². The van der Waals surface area contributed by atoms with Gasteiger partial charge in [0.1, 0.15) is 18.1 Å². The Kier molecular flexibility index (Phi) is 3.26. The number of fused-ring (bicyclic) bond motifs is 1. The van der Waals surface area contributed by atoms with Crippen molar-refractivity contribution in [3.05, 3.63) is 53.1 Å². The molecular formula is C17H19NO2. The predicted octanol–water partition coefficient (Wildman–Crippen LogP) is 3.86. The maximum atomic E-state index is 5.84. The maximum absolute atomic E-state index is 5.84. The minimum Gasteiger partial charge on any atom is -0.496 e. The lowest BCUT2D eigenvalue weighted by Crippen LogP contribution is -2.24. The Bertz CT molecular complexity index is 637. The number of hydrogen-bond acceptors (Lipinski definition) is 3. The molecule has 0 fully saturated rings. The first-order chi connectivity index (χ1) is 9.69. The molecule has 1 N–H and O–H groups in total. The topological polar surface area (TPSA) is 30.5 Å². The van der Waals surface area contributed by atoms with Crippen LogP contribution in [0.3, 0.4) is 0 Å². The van der Waals surface area contributed by atoms with Gasteiger partial charge in [-0.25, -0.2) is 0 Å². The van der Waals surface area contributed by atoms with Crippen molar-refractivity contribution >= 4 is 5.69 Å². The number of ether oxygens (including phenoxy) is 2. The van der Waals surface area contributed by atoms with E-state index in [4.69, 9.17) is 9.47 Å². The number of aryl methyl sites for hydroxylation is 2. The van der Waals surface area contributed by atoms with Gasteiger partial charge < -0.3 is 14.8 Å².